The van der Waals surface area contributed by atoms with E-state index in [-0.39, 0.29) is 99.2 Å². The molecule has 9 aromatic rings. The van der Waals surface area contributed by atoms with Gasteiger partial charge in [0.2, 0.25) is 0 Å². The summed E-state index contributed by atoms with van der Waals surface area (Å²) >= 11 is 0.349. The second-order valence-electron chi connectivity index (χ2n) is 24.4. The van der Waals surface area contributed by atoms with Gasteiger partial charge in [-0.15, -0.1) is 55.5 Å². The Morgan fingerprint density at radius 3 is 1.03 bits per heavy atom. The van der Waals surface area contributed by atoms with Crippen LogP contribution in [0.15, 0.2) is 247 Å². The van der Waals surface area contributed by atoms with Crippen molar-refractivity contribution in [2.24, 2.45) is 61.4 Å². The Morgan fingerprint density at radius 1 is 0.341 bits per heavy atom. The number of nitrogens with zero attached hydrogens (tertiary/aromatic N) is 12. The second kappa shape index (κ2) is 41.7. The van der Waals surface area contributed by atoms with Crippen molar-refractivity contribution in [1.82, 2.24) is 0 Å². The molecule has 0 aromatic heterocycles. The third-order valence-corrected chi connectivity index (χ3v) is 25.2. The monoisotopic (exact) mass is 1950 g/mol. The lowest BCUT2D eigenvalue weighted by Crippen LogP contribution is -2.15. The van der Waals surface area contributed by atoms with Gasteiger partial charge in [-0.05, 0) is 152 Å². The Kier molecular flexibility index (Phi) is 33.4. The predicted molar refractivity (Wildman–Crippen MR) is 442 cm³/mol. The number of nitrogen functional groups attached to an aromatic ring is 6. The molecule has 674 valence electrons. The Hall–Kier alpha value is -12.3. The number of aromatic carboxylic acids is 2. The van der Waals surface area contributed by atoms with Crippen molar-refractivity contribution in [2.45, 2.75) is 48.1 Å². The van der Waals surface area contributed by atoms with Crippen molar-refractivity contribution >= 4 is 217 Å². The highest BCUT2D eigenvalue weighted by molar-refractivity contribution is 7.95. The minimum Gasteiger partial charge on any atom is -0.478 e. The van der Waals surface area contributed by atoms with Gasteiger partial charge in [-0.3, -0.25) is 27.3 Å². The van der Waals surface area contributed by atoms with Crippen molar-refractivity contribution in [3.8, 4) is 0 Å². The summed E-state index contributed by atoms with van der Waals surface area (Å²) in [5.74, 6) is -5.31. The molecule has 126 heavy (non-hydrogen) atoms. The molecular formula is C64H64N18O34S10. The molecule has 0 aliphatic heterocycles. The molecule has 9 rings (SSSR count). The van der Waals surface area contributed by atoms with Crippen LogP contribution in [0.1, 0.15) is 31.8 Å². The zero-order valence-corrected chi connectivity index (χ0v) is 71.5. The van der Waals surface area contributed by atoms with E-state index in [2.05, 4.69) is 83.3 Å². The molecule has 0 unspecified atom stereocenters. The van der Waals surface area contributed by atoms with Crippen LogP contribution in [0.2, 0.25) is 0 Å². The van der Waals surface area contributed by atoms with Gasteiger partial charge >= 0.3 is 43.1 Å². The van der Waals surface area contributed by atoms with E-state index >= 15 is 0 Å². The van der Waals surface area contributed by atoms with Gasteiger partial charge in [0.1, 0.15) is 71.6 Å². The molecule has 52 nitrogen and oxygen atoms in total. The van der Waals surface area contributed by atoms with E-state index in [0.29, 0.717) is 23.2 Å². The summed E-state index contributed by atoms with van der Waals surface area (Å²) in [7, 11) is -40.6. The van der Waals surface area contributed by atoms with Crippen LogP contribution in [-0.4, -0.2) is 168 Å². The van der Waals surface area contributed by atoms with Gasteiger partial charge < -0.3 is 44.6 Å². The third-order valence-electron chi connectivity index (χ3n) is 15.4. The average molecular weight is 1950 g/mol. The molecule has 21 N–H and O–H groups in total. The van der Waals surface area contributed by atoms with Crippen LogP contribution in [0, 0.1) is 13.8 Å². The molecule has 0 spiro atoms. The Bertz CT molecular complexity index is 7020. The number of rotatable bonds is 35. The molecule has 0 saturated carbocycles. The highest BCUT2D eigenvalue weighted by Crippen LogP contribution is 2.46. The Labute approximate surface area is 717 Å². The van der Waals surface area contributed by atoms with E-state index in [4.69, 9.17) is 53.3 Å². The van der Waals surface area contributed by atoms with E-state index in [9.17, 15) is 109 Å². The molecule has 0 saturated heterocycles. The van der Waals surface area contributed by atoms with Crippen LogP contribution in [0.5, 0.6) is 0 Å². The molecule has 0 aliphatic rings. The molecule has 0 radical (unpaired) electrons. The fraction of sp³-hybridized carbons (Fsp3) is 0.125. The first-order valence-electron chi connectivity index (χ1n) is 33.2. The number of sulfone groups is 3. The van der Waals surface area contributed by atoms with Crippen LogP contribution < -0.4 is 34.4 Å². The minimum absolute atomic E-state index is 0.00480. The molecule has 9 aromatic carbocycles. The maximum atomic E-state index is 12.6. The Morgan fingerprint density at radius 2 is 0.667 bits per heavy atom. The fourth-order valence-electron chi connectivity index (χ4n) is 9.61. The largest absolute Gasteiger partial charge is 0.478 e. The van der Waals surface area contributed by atoms with Gasteiger partial charge in [-0.25, -0.2) is 52.6 Å². The maximum absolute atomic E-state index is 12.6. The van der Waals surface area contributed by atoms with E-state index in [1.165, 1.54) is 84.9 Å². The van der Waals surface area contributed by atoms with Crippen molar-refractivity contribution in [2.75, 3.05) is 71.5 Å². The van der Waals surface area contributed by atoms with Gasteiger partial charge in [0.15, 0.2) is 29.5 Å². The first-order chi connectivity index (χ1) is 58.4. The van der Waals surface area contributed by atoms with Gasteiger partial charge in [0.05, 0.1) is 125 Å². The normalized spacial score (nSPS) is 12.8. The summed E-state index contributed by atoms with van der Waals surface area (Å²) in [6, 6.07) is 30.3. The standard InChI is InChI=1S/C22H22N6O11S3.C21H22N6O12S4.C21H20N6O11S3/c1-12-2-7-17(18(10-12)41(33,34)35)26-27-20-15(22(29)30)11-16(23)21(19(20)24)28-25-13-3-5-14(6-4-13)40(31,32)9-8-39-42(36,37)38;1-12-2-4-17(21(8-12)42(31,32)33)25-27-19-11-18(14(22)10-15(19)23)26-24-16-5-3-13(9-20(16)40-39-38-28)41(29,30)7-6-37-43(34,35)36;22-15-11-14(21(28)29)19(26-25-16-3-1-2-4-17(16)40(32,33)34)18(23)20(15)27-24-12-5-7-13(8-6-12)39(30,31)10-9-38-41(35,36)37/h2-7,10-11H,8-9,23-24H2,1H3,(H,29,30)(H,33,34,35)(H,36,37,38);2-5,8-11,28H,6-7,22-23H2,1H3,(H,31,32,33)(H,34,35,36);1-8,11H,9-10,22-23H2,(H,28,29)(H,32,33,34)(H,35,36,37). The summed E-state index contributed by atoms with van der Waals surface area (Å²) in [6.45, 7) is 0.705. The Balaban J connectivity index is 0.000000259. The fourth-order valence-corrected chi connectivity index (χ4v) is 16.7. The lowest BCUT2D eigenvalue weighted by atomic mass is 10.1. The van der Waals surface area contributed by atoms with E-state index in [1.54, 1.807) is 19.9 Å². The van der Waals surface area contributed by atoms with E-state index in [1.807, 2.05) is 0 Å². The smallest absolute Gasteiger partial charge is 0.397 e. The lowest BCUT2D eigenvalue weighted by molar-refractivity contribution is -0.432. The third kappa shape index (κ3) is 29.4. The minimum atomic E-state index is -4.85. The molecular weight excluding hydrogens is 1890 g/mol. The highest BCUT2D eigenvalue weighted by Gasteiger charge is 2.27. The van der Waals surface area contributed by atoms with E-state index < -0.39 is 189 Å². The predicted octanol–water partition coefficient (Wildman–Crippen LogP) is 11.0. The molecule has 62 heteroatoms. The van der Waals surface area contributed by atoms with E-state index in [0.717, 1.165) is 60.7 Å². The summed E-state index contributed by atoms with van der Waals surface area (Å²) < 4.78 is 279. The first kappa shape index (κ1) is 101. The van der Waals surface area contributed by atoms with Crippen LogP contribution in [0.3, 0.4) is 0 Å². The number of anilines is 6. The molecule has 0 bridgehead atoms. The lowest BCUT2D eigenvalue weighted by Gasteiger charge is -2.10. The molecule has 0 aliphatic carbocycles. The molecule has 0 atom stereocenters. The van der Waals surface area contributed by atoms with Gasteiger partial charge in [0, 0.05) is 0 Å². The number of hydrogen-bond donors (Lipinski definition) is 15. The molecule has 0 fully saturated rings. The van der Waals surface area contributed by atoms with Gasteiger partial charge in [-0.2, -0.15) is 60.7 Å². The van der Waals surface area contributed by atoms with Crippen LogP contribution in [0.25, 0.3) is 0 Å². The maximum Gasteiger partial charge on any atom is 0.397 e. The van der Waals surface area contributed by atoms with Crippen molar-refractivity contribution in [3.63, 3.8) is 0 Å². The number of carboxylic acid groups (broad SMARTS) is 2. The average Bonchev–Trinajstić information content (AvgIpc) is 0.792. The molecule has 0 heterocycles. The van der Waals surface area contributed by atoms with Crippen LogP contribution >= 0.6 is 12.0 Å². The number of azo groups is 6. The SMILES string of the molecule is Cc1ccc(N=Nc2c(C(=O)O)cc(N)c(N=Nc3ccc(S(=O)(=O)CCOS(=O)(=O)O)cc3)c2N)c(S(=O)(=O)O)c1.Cc1ccc(N=Nc2cc(N=Nc3ccc(S(=O)(=O)CCOS(=O)(=O)O)cc3SOOO)c(N)cc2N)c(S(=O)(=O)O)c1.Nc1cc(C(=O)O)c(N=Nc2ccccc2S(=O)(=O)O)c(N)c1N=Nc1ccc(S(=O)(=O)CCOS(=O)(=O)O)cc1. The number of carbonyl (C=O) groups is 2. The van der Waals surface area contributed by atoms with Gasteiger partial charge in [0.25, 0.3) is 30.4 Å². The second-order valence-corrected chi connectivity index (χ2v) is 38.9. The van der Waals surface area contributed by atoms with Crippen molar-refractivity contribution in [3.05, 3.63) is 174 Å². The number of aryl methyl sites for hydroxylation is 2. The summed E-state index contributed by atoms with van der Waals surface area (Å²) in [4.78, 5) is 21.2. The highest BCUT2D eigenvalue weighted by atomic mass is 32.3. The van der Waals surface area contributed by atoms with Crippen molar-refractivity contribution in [1.29, 1.82) is 0 Å². The number of benzene rings is 9. The zero-order chi connectivity index (χ0) is 94.0. The number of hydrogen-bond acceptors (Lipinski definition) is 45. The summed E-state index contributed by atoms with van der Waals surface area (Å²) in [5.41, 5.74) is 32.9. The van der Waals surface area contributed by atoms with Crippen molar-refractivity contribution < 1.29 is 150 Å². The van der Waals surface area contributed by atoms with Gasteiger partial charge in [-0.1, -0.05) is 29.3 Å². The molecule has 0 amide bonds. The first-order valence-corrected chi connectivity index (χ1v) is 47.4. The quantitative estimate of drug-likeness (QED) is 0.00438. The van der Waals surface area contributed by atoms with Crippen LogP contribution in [-0.2, 0) is 113 Å². The number of nitrogens with two attached hydrogens (primary N) is 6. The summed E-state index contributed by atoms with van der Waals surface area (Å²) in [5, 5.41) is 77.8. The zero-order valence-electron chi connectivity index (χ0n) is 63.3. The number of carboxylic acids is 2. The van der Waals surface area contributed by atoms with Crippen LogP contribution in [0.4, 0.5) is 102 Å². The summed E-state index contributed by atoms with van der Waals surface area (Å²) in [6.07, 6.45) is 0. The topological polar surface area (TPSA) is 874 Å².